The predicted molar refractivity (Wildman–Crippen MR) is 79.6 cm³/mol. The van der Waals surface area contributed by atoms with Crippen molar-refractivity contribution in [3.63, 3.8) is 0 Å². The van der Waals surface area contributed by atoms with Gasteiger partial charge in [0.15, 0.2) is 0 Å². The molecular formula is C17H19F2NO. The lowest BCUT2D eigenvalue weighted by molar-refractivity contribution is 0.464. The molecule has 0 radical (unpaired) electrons. The Labute approximate surface area is 123 Å². The Bertz CT molecular complexity index is 628. The van der Waals surface area contributed by atoms with Crippen LogP contribution in [0.25, 0.3) is 0 Å². The fourth-order valence-corrected chi connectivity index (χ4v) is 2.00. The van der Waals surface area contributed by atoms with E-state index in [0.717, 1.165) is 6.42 Å². The number of ether oxygens (including phenoxy) is 1. The van der Waals surface area contributed by atoms with Crippen molar-refractivity contribution in [2.45, 2.75) is 32.7 Å². The summed E-state index contributed by atoms with van der Waals surface area (Å²) in [7, 11) is 0. The van der Waals surface area contributed by atoms with Gasteiger partial charge in [0.05, 0.1) is 0 Å². The minimum atomic E-state index is -0.337. The van der Waals surface area contributed by atoms with E-state index in [1.165, 1.54) is 18.2 Å². The molecule has 1 atom stereocenters. The first-order valence-corrected chi connectivity index (χ1v) is 6.97. The fourth-order valence-electron chi connectivity index (χ4n) is 2.00. The second-order valence-corrected chi connectivity index (χ2v) is 5.14. The summed E-state index contributed by atoms with van der Waals surface area (Å²) in [6.07, 6.45) is 1.30. The van der Waals surface area contributed by atoms with Gasteiger partial charge in [0, 0.05) is 12.1 Å². The van der Waals surface area contributed by atoms with Gasteiger partial charge in [-0.2, -0.15) is 0 Å². The molecule has 0 aliphatic carbocycles. The number of benzene rings is 2. The SMILES string of the molecule is CCC(N)Cc1cc(F)ccc1Oc1ccc(C)c(F)c1. The number of hydrogen-bond acceptors (Lipinski definition) is 2. The monoisotopic (exact) mass is 291 g/mol. The standard InChI is InChI=1S/C17H19F2NO/c1-3-14(20)9-12-8-13(18)5-7-17(12)21-15-6-4-11(2)16(19)10-15/h4-8,10,14H,3,9,20H2,1-2H3. The molecule has 0 spiro atoms. The summed E-state index contributed by atoms with van der Waals surface area (Å²) in [6.45, 7) is 3.66. The van der Waals surface area contributed by atoms with Gasteiger partial charge in [-0.25, -0.2) is 8.78 Å². The summed E-state index contributed by atoms with van der Waals surface area (Å²) in [4.78, 5) is 0. The fraction of sp³-hybridized carbons (Fsp3) is 0.294. The van der Waals surface area contributed by atoms with Crippen LogP contribution in [-0.4, -0.2) is 6.04 Å². The third-order valence-electron chi connectivity index (χ3n) is 3.40. The number of hydrogen-bond donors (Lipinski definition) is 1. The van der Waals surface area contributed by atoms with E-state index in [-0.39, 0.29) is 17.7 Å². The first-order chi connectivity index (χ1) is 9.99. The number of nitrogens with two attached hydrogens (primary N) is 1. The van der Waals surface area contributed by atoms with Crippen LogP contribution in [0.5, 0.6) is 11.5 Å². The van der Waals surface area contributed by atoms with Crippen LogP contribution in [0, 0.1) is 18.6 Å². The summed E-state index contributed by atoms with van der Waals surface area (Å²) in [5.74, 6) is 0.219. The smallest absolute Gasteiger partial charge is 0.130 e. The molecule has 2 aromatic carbocycles. The van der Waals surface area contributed by atoms with E-state index in [2.05, 4.69) is 0 Å². The molecule has 1 unspecified atom stereocenters. The van der Waals surface area contributed by atoms with Crippen LogP contribution in [0.3, 0.4) is 0 Å². The molecule has 2 N–H and O–H groups in total. The highest BCUT2D eigenvalue weighted by Gasteiger charge is 2.11. The minimum absolute atomic E-state index is 0.0658. The number of halogens is 2. The van der Waals surface area contributed by atoms with Crippen molar-refractivity contribution < 1.29 is 13.5 Å². The van der Waals surface area contributed by atoms with E-state index in [4.69, 9.17) is 10.5 Å². The van der Waals surface area contributed by atoms with Crippen molar-refractivity contribution in [2.75, 3.05) is 0 Å². The van der Waals surface area contributed by atoms with Gasteiger partial charge in [-0.05, 0) is 55.2 Å². The first kappa shape index (κ1) is 15.4. The molecule has 0 fully saturated rings. The zero-order valence-electron chi connectivity index (χ0n) is 12.2. The highest BCUT2D eigenvalue weighted by molar-refractivity contribution is 5.39. The number of aryl methyl sites for hydroxylation is 1. The van der Waals surface area contributed by atoms with Crippen molar-refractivity contribution >= 4 is 0 Å². The topological polar surface area (TPSA) is 35.2 Å². The maximum absolute atomic E-state index is 13.6. The lowest BCUT2D eigenvalue weighted by Gasteiger charge is -2.14. The third kappa shape index (κ3) is 4.02. The summed E-state index contributed by atoms with van der Waals surface area (Å²) < 4.78 is 32.6. The Morgan fingerprint density at radius 1 is 1.14 bits per heavy atom. The van der Waals surface area contributed by atoms with Crippen LogP contribution < -0.4 is 10.5 Å². The second kappa shape index (κ2) is 6.68. The summed E-state index contributed by atoms with van der Waals surface area (Å²) in [5, 5.41) is 0. The lowest BCUT2D eigenvalue weighted by Crippen LogP contribution is -2.21. The molecule has 0 saturated heterocycles. The molecule has 0 saturated carbocycles. The Hall–Kier alpha value is -1.94. The average molecular weight is 291 g/mol. The molecule has 21 heavy (non-hydrogen) atoms. The van der Waals surface area contributed by atoms with Crippen LogP contribution in [0.15, 0.2) is 36.4 Å². The lowest BCUT2D eigenvalue weighted by atomic mass is 10.0. The van der Waals surface area contributed by atoms with Crippen LogP contribution in [-0.2, 0) is 6.42 Å². The Kier molecular flexibility index (Phi) is 4.91. The van der Waals surface area contributed by atoms with E-state index < -0.39 is 0 Å². The molecule has 0 aliphatic heterocycles. The second-order valence-electron chi connectivity index (χ2n) is 5.14. The maximum Gasteiger partial charge on any atom is 0.130 e. The van der Waals surface area contributed by atoms with Crippen molar-refractivity contribution in [3.8, 4) is 11.5 Å². The Morgan fingerprint density at radius 3 is 2.57 bits per heavy atom. The van der Waals surface area contributed by atoms with Crippen molar-refractivity contribution in [2.24, 2.45) is 5.73 Å². The van der Waals surface area contributed by atoms with Crippen LogP contribution in [0.4, 0.5) is 8.78 Å². The molecule has 2 nitrogen and oxygen atoms in total. The Morgan fingerprint density at radius 2 is 1.90 bits per heavy atom. The van der Waals surface area contributed by atoms with Gasteiger partial charge in [-0.1, -0.05) is 13.0 Å². The van der Waals surface area contributed by atoms with E-state index >= 15 is 0 Å². The molecule has 2 rings (SSSR count). The van der Waals surface area contributed by atoms with Crippen LogP contribution in [0.1, 0.15) is 24.5 Å². The van der Waals surface area contributed by atoms with Crippen molar-refractivity contribution in [1.29, 1.82) is 0 Å². The maximum atomic E-state index is 13.6. The van der Waals surface area contributed by atoms with Gasteiger partial charge >= 0.3 is 0 Å². The quantitative estimate of drug-likeness (QED) is 0.889. The summed E-state index contributed by atoms with van der Waals surface area (Å²) in [5.41, 5.74) is 7.16. The number of rotatable bonds is 5. The zero-order chi connectivity index (χ0) is 15.4. The molecule has 4 heteroatoms. The molecule has 2 aromatic rings. The van der Waals surface area contributed by atoms with E-state index in [9.17, 15) is 8.78 Å². The zero-order valence-corrected chi connectivity index (χ0v) is 12.2. The summed E-state index contributed by atoms with van der Waals surface area (Å²) in [6, 6.07) is 8.86. The van der Waals surface area contributed by atoms with Gasteiger partial charge in [0.1, 0.15) is 23.1 Å². The van der Waals surface area contributed by atoms with Crippen molar-refractivity contribution in [3.05, 3.63) is 59.2 Å². The summed E-state index contributed by atoms with van der Waals surface area (Å²) >= 11 is 0. The molecular weight excluding hydrogens is 272 g/mol. The van der Waals surface area contributed by atoms with Gasteiger partial charge in [-0.3, -0.25) is 0 Å². The van der Waals surface area contributed by atoms with Gasteiger partial charge < -0.3 is 10.5 Å². The van der Waals surface area contributed by atoms with Crippen LogP contribution in [0.2, 0.25) is 0 Å². The largest absolute Gasteiger partial charge is 0.457 e. The van der Waals surface area contributed by atoms with E-state index in [1.54, 1.807) is 25.1 Å². The van der Waals surface area contributed by atoms with Crippen molar-refractivity contribution in [1.82, 2.24) is 0 Å². The average Bonchev–Trinajstić information content (AvgIpc) is 2.45. The van der Waals surface area contributed by atoms with Gasteiger partial charge in [0.2, 0.25) is 0 Å². The molecule has 0 amide bonds. The van der Waals surface area contributed by atoms with E-state index in [1.807, 2.05) is 6.92 Å². The first-order valence-electron chi connectivity index (χ1n) is 6.97. The van der Waals surface area contributed by atoms with Gasteiger partial charge in [-0.15, -0.1) is 0 Å². The highest BCUT2D eigenvalue weighted by atomic mass is 19.1. The normalized spacial score (nSPS) is 12.2. The molecule has 0 aromatic heterocycles. The highest BCUT2D eigenvalue weighted by Crippen LogP contribution is 2.28. The Balaban J connectivity index is 2.28. The van der Waals surface area contributed by atoms with Gasteiger partial charge in [0.25, 0.3) is 0 Å². The van der Waals surface area contributed by atoms with E-state index in [0.29, 0.717) is 29.0 Å². The molecule has 112 valence electrons. The molecule has 0 bridgehead atoms. The minimum Gasteiger partial charge on any atom is -0.457 e. The van der Waals surface area contributed by atoms with Crippen LogP contribution >= 0.6 is 0 Å². The molecule has 0 aliphatic rings. The molecule has 0 heterocycles. The third-order valence-corrected chi connectivity index (χ3v) is 3.40. The predicted octanol–water partition coefficient (Wildman–Crippen LogP) is 4.35.